The second-order valence-electron chi connectivity index (χ2n) is 7.79. The van der Waals surface area contributed by atoms with E-state index in [-0.39, 0.29) is 12.0 Å². The van der Waals surface area contributed by atoms with E-state index in [1.165, 1.54) is 0 Å². The molecule has 0 heterocycles. The molecule has 0 aliphatic rings. The maximum Gasteiger partial charge on any atom is 0.201 e. The lowest BCUT2D eigenvalue weighted by molar-refractivity contribution is -0.0327. The predicted octanol–water partition coefficient (Wildman–Crippen LogP) is 4.50. The fourth-order valence-corrected chi connectivity index (χ4v) is 9.58. The average Bonchev–Trinajstić information content (AvgIpc) is 2.36. The van der Waals surface area contributed by atoms with E-state index in [0.717, 1.165) is 5.57 Å². The zero-order valence-electron chi connectivity index (χ0n) is 16.1. The first-order chi connectivity index (χ1) is 9.89. The first kappa shape index (κ1) is 21.8. The molecule has 0 saturated carbocycles. The highest BCUT2D eigenvalue weighted by Gasteiger charge is 2.48. The molecule has 0 aromatic carbocycles. The topological polar surface area (TPSA) is 49.7 Å². The zero-order chi connectivity index (χ0) is 17.8. The Morgan fingerprint density at radius 3 is 1.45 bits per heavy atom. The Kier molecular flexibility index (Phi) is 8.56. The summed E-state index contributed by atoms with van der Waals surface area (Å²) in [5.41, 5.74) is 2.35. The molecular formula is C18H38O3Si. The van der Waals surface area contributed by atoms with Gasteiger partial charge in [-0.15, -0.1) is 0 Å². The van der Waals surface area contributed by atoms with Crippen molar-refractivity contribution in [3.05, 3.63) is 12.2 Å². The first-order valence-corrected chi connectivity index (χ1v) is 10.7. The second-order valence-corrected chi connectivity index (χ2v) is 13.2. The van der Waals surface area contributed by atoms with Crippen molar-refractivity contribution in [1.29, 1.82) is 0 Å². The van der Waals surface area contributed by atoms with Gasteiger partial charge in [0.05, 0.1) is 18.3 Å². The highest BCUT2D eigenvalue weighted by Crippen LogP contribution is 2.44. The van der Waals surface area contributed by atoms with Crippen LogP contribution in [0.3, 0.4) is 0 Å². The van der Waals surface area contributed by atoms with Crippen LogP contribution in [-0.2, 0) is 4.43 Å². The van der Waals surface area contributed by atoms with Gasteiger partial charge in [-0.25, -0.2) is 0 Å². The number of aliphatic hydroxyl groups excluding tert-OH is 2. The lowest BCUT2D eigenvalue weighted by Gasteiger charge is -2.46. The van der Waals surface area contributed by atoms with Gasteiger partial charge in [0, 0.05) is 5.92 Å². The predicted molar refractivity (Wildman–Crippen MR) is 97.6 cm³/mol. The van der Waals surface area contributed by atoms with E-state index >= 15 is 0 Å². The van der Waals surface area contributed by atoms with Crippen LogP contribution in [0.15, 0.2) is 12.2 Å². The van der Waals surface area contributed by atoms with Gasteiger partial charge in [0.2, 0.25) is 8.32 Å². The van der Waals surface area contributed by atoms with Crippen LogP contribution < -0.4 is 0 Å². The van der Waals surface area contributed by atoms with E-state index in [9.17, 15) is 10.2 Å². The van der Waals surface area contributed by atoms with Crippen molar-refractivity contribution >= 4 is 8.32 Å². The van der Waals surface area contributed by atoms with Gasteiger partial charge in [-0.3, -0.25) is 0 Å². The van der Waals surface area contributed by atoms with Crippen LogP contribution in [0.2, 0.25) is 16.6 Å². The molecule has 0 unspecified atom stereocenters. The monoisotopic (exact) mass is 330 g/mol. The summed E-state index contributed by atoms with van der Waals surface area (Å²) in [5, 5.41) is 20.0. The van der Waals surface area contributed by atoms with Crippen molar-refractivity contribution in [2.24, 2.45) is 5.92 Å². The van der Waals surface area contributed by atoms with Crippen LogP contribution in [0.5, 0.6) is 0 Å². The fourth-order valence-electron chi connectivity index (χ4n) is 3.90. The molecule has 2 N–H and O–H groups in total. The van der Waals surface area contributed by atoms with Crippen LogP contribution in [-0.4, -0.2) is 36.8 Å². The van der Waals surface area contributed by atoms with Gasteiger partial charge in [-0.05, 0) is 30.5 Å². The highest BCUT2D eigenvalue weighted by molar-refractivity contribution is 6.77. The van der Waals surface area contributed by atoms with Gasteiger partial charge < -0.3 is 14.6 Å². The van der Waals surface area contributed by atoms with Crippen LogP contribution in [0.4, 0.5) is 0 Å². The Bertz CT molecular complexity index is 328. The molecule has 0 amide bonds. The zero-order valence-corrected chi connectivity index (χ0v) is 17.1. The molecule has 0 aromatic heterocycles. The SMILES string of the molecule is C=C(C)[C@H](O[Si](C(C)C)(C(C)C)C(C)C)[C@@H](C)[C@H](O)[C@H](C)O. The molecule has 132 valence electrons. The lowest BCUT2D eigenvalue weighted by Crippen LogP contribution is -2.53. The molecular weight excluding hydrogens is 292 g/mol. The molecule has 4 heteroatoms. The maximum atomic E-state index is 10.3. The molecule has 4 atom stereocenters. The van der Waals surface area contributed by atoms with Gasteiger partial charge in [0.1, 0.15) is 0 Å². The van der Waals surface area contributed by atoms with Crippen LogP contribution in [0.25, 0.3) is 0 Å². The second kappa shape index (κ2) is 8.62. The molecule has 0 aliphatic heterocycles. The Balaban J connectivity index is 5.65. The minimum atomic E-state index is -2.05. The Morgan fingerprint density at radius 2 is 1.23 bits per heavy atom. The third-order valence-electron chi connectivity index (χ3n) is 5.03. The molecule has 0 rings (SSSR count). The number of aliphatic hydroxyl groups is 2. The fraction of sp³-hybridized carbons (Fsp3) is 0.889. The van der Waals surface area contributed by atoms with Gasteiger partial charge in [-0.1, -0.05) is 60.6 Å². The van der Waals surface area contributed by atoms with Gasteiger partial charge in [0.25, 0.3) is 0 Å². The molecule has 0 fully saturated rings. The molecule has 0 aromatic rings. The Hall–Kier alpha value is -0.163. The highest BCUT2D eigenvalue weighted by atomic mass is 28.4. The summed E-state index contributed by atoms with van der Waals surface area (Å²) in [6.45, 7) is 23.1. The van der Waals surface area contributed by atoms with E-state index in [4.69, 9.17) is 4.43 Å². The Labute approximate surface area is 138 Å². The quantitative estimate of drug-likeness (QED) is 0.483. The van der Waals surface area contributed by atoms with Crippen molar-refractivity contribution < 1.29 is 14.6 Å². The van der Waals surface area contributed by atoms with Gasteiger partial charge in [0.15, 0.2) is 0 Å². The minimum Gasteiger partial charge on any atom is -0.409 e. The van der Waals surface area contributed by atoms with Crippen molar-refractivity contribution in [2.75, 3.05) is 0 Å². The largest absolute Gasteiger partial charge is 0.409 e. The van der Waals surface area contributed by atoms with Crippen LogP contribution >= 0.6 is 0 Å². The minimum absolute atomic E-state index is 0.180. The molecule has 0 aliphatic carbocycles. The first-order valence-electron chi connectivity index (χ1n) is 8.58. The van der Waals surface area contributed by atoms with E-state index in [2.05, 4.69) is 48.1 Å². The summed E-state index contributed by atoms with van der Waals surface area (Å²) < 4.78 is 6.79. The number of hydrogen-bond donors (Lipinski definition) is 2. The van der Waals surface area contributed by atoms with E-state index < -0.39 is 20.5 Å². The number of rotatable bonds is 9. The normalized spacial score (nSPS) is 18.6. The van der Waals surface area contributed by atoms with Crippen LogP contribution in [0.1, 0.15) is 62.3 Å². The van der Waals surface area contributed by atoms with Gasteiger partial charge >= 0.3 is 0 Å². The maximum absolute atomic E-state index is 10.3. The smallest absolute Gasteiger partial charge is 0.201 e. The molecule has 3 nitrogen and oxygen atoms in total. The summed E-state index contributed by atoms with van der Waals surface area (Å²) in [5.74, 6) is -0.180. The van der Waals surface area contributed by atoms with Crippen molar-refractivity contribution in [3.63, 3.8) is 0 Å². The third-order valence-corrected chi connectivity index (χ3v) is 11.1. The summed E-state index contributed by atoms with van der Waals surface area (Å²) in [6.07, 6.45) is -1.79. The molecule has 0 saturated heterocycles. The van der Waals surface area contributed by atoms with Crippen LogP contribution in [0, 0.1) is 5.92 Å². The Morgan fingerprint density at radius 1 is 0.864 bits per heavy atom. The van der Waals surface area contributed by atoms with E-state index in [1.54, 1.807) is 6.92 Å². The summed E-state index contributed by atoms with van der Waals surface area (Å²) >= 11 is 0. The van der Waals surface area contributed by atoms with E-state index in [1.807, 2.05) is 13.8 Å². The lowest BCUT2D eigenvalue weighted by atomic mass is 9.91. The average molecular weight is 331 g/mol. The summed E-state index contributed by atoms with van der Waals surface area (Å²) in [7, 11) is -2.05. The molecule has 0 bridgehead atoms. The molecule has 0 radical (unpaired) electrons. The van der Waals surface area contributed by atoms with Crippen molar-refractivity contribution in [1.82, 2.24) is 0 Å². The van der Waals surface area contributed by atoms with Crippen molar-refractivity contribution in [2.45, 2.75) is 97.2 Å². The third kappa shape index (κ3) is 4.67. The van der Waals surface area contributed by atoms with Crippen molar-refractivity contribution in [3.8, 4) is 0 Å². The number of hydrogen-bond acceptors (Lipinski definition) is 3. The molecule has 22 heavy (non-hydrogen) atoms. The summed E-state index contributed by atoms with van der Waals surface area (Å²) in [6, 6.07) is 0. The van der Waals surface area contributed by atoms with Gasteiger partial charge in [-0.2, -0.15) is 0 Å². The molecule has 0 spiro atoms. The summed E-state index contributed by atoms with van der Waals surface area (Å²) in [4.78, 5) is 0. The van der Waals surface area contributed by atoms with E-state index in [0.29, 0.717) is 16.6 Å². The standard InChI is InChI=1S/C18H38O3Si/c1-11(2)18(15(9)17(20)16(10)19)21-22(12(3)4,13(5)6)14(7)8/h12-20H,1H2,2-10H3/t15-,16-,17-,18-/m0/s1.